The van der Waals surface area contributed by atoms with Gasteiger partial charge in [0, 0.05) is 11.1 Å². The fourth-order valence-corrected chi connectivity index (χ4v) is 4.04. The Balaban J connectivity index is 2.48. The van der Waals surface area contributed by atoms with Gasteiger partial charge in [-0.1, -0.05) is 66.7 Å². The highest BCUT2D eigenvalue weighted by Crippen LogP contribution is 2.54. The Labute approximate surface area is 164 Å². The van der Waals surface area contributed by atoms with E-state index in [4.69, 9.17) is 19.5 Å². The molecule has 0 fully saturated rings. The summed E-state index contributed by atoms with van der Waals surface area (Å²) < 4.78 is 29.3. The van der Waals surface area contributed by atoms with E-state index in [2.05, 4.69) is 0 Å². The highest BCUT2D eigenvalue weighted by atomic mass is 31.2. The molecule has 28 heavy (non-hydrogen) atoms. The predicted octanol–water partition coefficient (Wildman–Crippen LogP) is 4.07. The molecule has 0 bridgehead atoms. The summed E-state index contributed by atoms with van der Waals surface area (Å²) in [6.45, 7) is 0. The van der Waals surface area contributed by atoms with Crippen LogP contribution < -0.4 is 15.0 Å². The third kappa shape index (κ3) is 3.81. The zero-order chi connectivity index (χ0) is 20.2. The Morgan fingerprint density at radius 1 is 0.786 bits per heavy atom. The average Bonchev–Trinajstić information content (AvgIpc) is 2.72. The molecule has 3 rings (SSSR count). The van der Waals surface area contributed by atoms with Crippen LogP contribution in [0.5, 0.6) is 11.5 Å². The van der Waals surface area contributed by atoms with Gasteiger partial charge in [0.25, 0.3) is 0 Å². The summed E-state index contributed by atoms with van der Waals surface area (Å²) in [5.41, 5.74) is 5.62. The van der Waals surface area contributed by atoms with E-state index in [-0.39, 0.29) is 0 Å². The third-order valence-electron chi connectivity index (χ3n) is 4.42. The molecule has 0 aliphatic carbocycles. The lowest BCUT2D eigenvalue weighted by Crippen LogP contribution is -2.34. The molecular weight excluding hydrogens is 377 g/mol. The van der Waals surface area contributed by atoms with Crippen molar-refractivity contribution in [3.8, 4) is 11.5 Å². The van der Waals surface area contributed by atoms with Crippen LogP contribution in [0.1, 0.15) is 16.7 Å². The molecule has 3 N–H and O–H groups in total. The maximum atomic E-state index is 12.4. The molecule has 6 nitrogen and oxygen atoms in total. The lowest BCUT2D eigenvalue weighted by Gasteiger charge is -2.37. The normalized spacial score (nSPS) is 13.6. The molecule has 0 amide bonds. The van der Waals surface area contributed by atoms with E-state index in [0.29, 0.717) is 28.2 Å². The number of para-hydroxylation sites is 2. The van der Waals surface area contributed by atoms with E-state index in [1.54, 1.807) is 60.7 Å². The molecule has 0 aliphatic heterocycles. The summed E-state index contributed by atoms with van der Waals surface area (Å²) in [6, 6.07) is 23.3. The largest absolute Gasteiger partial charge is 0.496 e. The Kier molecular flexibility index (Phi) is 5.87. The van der Waals surface area contributed by atoms with Gasteiger partial charge in [-0.25, -0.2) is 10.1 Å². The first-order valence-corrected chi connectivity index (χ1v) is 10.2. The first kappa shape index (κ1) is 20.1. The van der Waals surface area contributed by atoms with E-state index in [1.807, 2.05) is 18.2 Å². The first-order valence-electron chi connectivity index (χ1n) is 8.57. The monoisotopic (exact) mass is 399 g/mol. The Bertz CT molecular complexity index is 939. The quantitative estimate of drug-likeness (QED) is 0.460. The highest BCUT2D eigenvalue weighted by molar-refractivity contribution is 7.50. The fourth-order valence-electron chi connectivity index (χ4n) is 3.35. The van der Waals surface area contributed by atoms with Crippen molar-refractivity contribution < 1.29 is 23.5 Å². The van der Waals surface area contributed by atoms with Crippen LogP contribution in [-0.2, 0) is 14.7 Å². The van der Waals surface area contributed by atoms with Crippen LogP contribution in [0.4, 0.5) is 0 Å². The second kappa shape index (κ2) is 8.17. The van der Waals surface area contributed by atoms with Gasteiger partial charge in [0.15, 0.2) is 5.60 Å². The first-order chi connectivity index (χ1) is 13.4. The molecule has 0 aliphatic rings. The molecule has 0 spiro atoms. The Morgan fingerprint density at radius 3 is 1.64 bits per heavy atom. The van der Waals surface area contributed by atoms with Crippen LogP contribution in [0.15, 0.2) is 78.9 Å². The van der Waals surface area contributed by atoms with Gasteiger partial charge < -0.3 is 14.4 Å². The Morgan fingerprint density at radius 2 is 1.21 bits per heavy atom. The number of benzene rings is 3. The maximum absolute atomic E-state index is 12.4. The average molecular weight is 399 g/mol. The smallest absolute Gasteiger partial charge is 0.401 e. The van der Waals surface area contributed by atoms with E-state index in [0.717, 1.165) is 0 Å². The van der Waals surface area contributed by atoms with Crippen molar-refractivity contribution >= 4 is 7.75 Å². The summed E-state index contributed by atoms with van der Waals surface area (Å²) in [6.07, 6.45) is 0. The molecule has 1 atom stereocenters. The summed E-state index contributed by atoms with van der Waals surface area (Å²) in [7, 11) is -1.40. The fraction of sp³-hybridized carbons (Fsp3) is 0.143. The van der Waals surface area contributed by atoms with Crippen LogP contribution in [0, 0.1) is 0 Å². The van der Waals surface area contributed by atoms with Gasteiger partial charge >= 0.3 is 7.75 Å². The summed E-state index contributed by atoms with van der Waals surface area (Å²) >= 11 is 0. The highest BCUT2D eigenvalue weighted by Gasteiger charge is 2.46. The van der Waals surface area contributed by atoms with E-state index in [9.17, 15) is 9.46 Å². The summed E-state index contributed by atoms with van der Waals surface area (Å²) in [5, 5.41) is 0. The van der Waals surface area contributed by atoms with E-state index in [1.165, 1.54) is 14.2 Å². The van der Waals surface area contributed by atoms with Gasteiger partial charge in [0.1, 0.15) is 11.5 Å². The van der Waals surface area contributed by atoms with E-state index < -0.39 is 13.3 Å². The van der Waals surface area contributed by atoms with Gasteiger partial charge in [-0.05, 0) is 17.7 Å². The molecule has 3 aromatic carbocycles. The van der Waals surface area contributed by atoms with Crippen molar-refractivity contribution in [2.45, 2.75) is 5.60 Å². The molecule has 0 saturated carbocycles. The van der Waals surface area contributed by atoms with Gasteiger partial charge in [-0.3, -0.25) is 4.52 Å². The minimum atomic E-state index is -4.46. The van der Waals surface area contributed by atoms with Gasteiger partial charge in [-0.15, -0.1) is 0 Å². The van der Waals surface area contributed by atoms with Crippen molar-refractivity contribution in [2.75, 3.05) is 14.2 Å². The standard InChI is InChI=1S/C21H22NO5P/c1-25-19-14-8-6-12-17(19)21(27-28(22,23)24,16-10-4-3-5-11-16)18-13-7-9-15-20(18)26-2/h3-15H,1-2H3,(H3,22,23,24). The number of hydrogen-bond acceptors (Lipinski definition) is 4. The lowest BCUT2D eigenvalue weighted by atomic mass is 9.79. The van der Waals surface area contributed by atoms with Crippen LogP contribution in [0.2, 0.25) is 0 Å². The van der Waals surface area contributed by atoms with Crippen LogP contribution >= 0.6 is 7.75 Å². The van der Waals surface area contributed by atoms with Crippen molar-refractivity contribution in [1.29, 1.82) is 0 Å². The second-order valence-electron chi connectivity index (χ2n) is 6.10. The Hall–Kier alpha value is -2.63. The van der Waals surface area contributed by atoms with Crippen molar-refractivity contribution in [1.82, 2.24) is 0 Å². The van der Waals surface area contributed by atoms with E-state index >= 15 is 0 Å². The third-order valence-corrected chi connectivity index (χ3v) is 4.96. The summed E-state index contributed by atoms with van der Waals surface area (Å²) in [5.74, 6) is 0.955. The molecule has 146 valence electrons. The van der Waals surface area contributed by atoms with Crippen LogP contribution in [0.25, 0.3) is 0 Å². The van der Waals surface area contributed by atoms with Crippen LogP contribution in [-0.4, -0.2) is 19.1 Å². The molecule has 0 aromatic heterocycles. The SMILES string of the molecule is COc1ccccc1C(OP(N)(=O)O)(c1ccccc1)c1ccccc1OC. The number of rotatable bonds is 7. The predicted molar refractivity (Wildman–Crippen MR) is 107 cm³/mol. The molecule has 0 saturated heterocycles. The van der Waals surface area contributed by atoms with Gasteiger partial charge in [-0.2, -0.15) is 0 Å². The molecule has 0 radical (unpaired) electrons. The van der Waals surface area contributed by atoms with Crippen LogP contribution in [0.3, 0.4) is 0 Å². The van der Waals surface area contributed by atoms with Crippen molar-refractivity contribution in [3.05, 3.63) is 95.6 Å². The number of ether oxygens (including phenoxy) is 2. The minimum Gasteiger partial charge on any atom is -0.496 e. The minimum absolute atomic E-state index is 0.478. The van der Waals surface area contributed by atoms with Crippen molar-refractivity contribution in [2.24, 2.45) is 5.50 Å². The molecular formula is C21H22NO5P. The zero-order valence-corrected chi connectivity index (χ0v) is 16.5. The van der Waals surface area contributed by atoms with Gasteiger partial charge in [0.2, 0.25) is 0 Å². The van der Waals surface area contributed by atoms with Gasteiger partial charge in [0.05, 0.1) is 14.2 Å². The number of nitrogens with two attached hydrogens (primary N) is 1. The number of hydrogen-bond donors (Lipinski definition) is 2. The zero-order valence-electron chi connectivity index (χ0n) is 15.6. The molecule has 0 heterocycles. The molecule has 7 heteroatoms. The number of methoxy groups -OCH3 is 2. The second-order valence-corrected chi connectivity index (χ2v) is 7.41. The van der Waals surface area contributed by atoms with Crippen molar-refractivity contribution in [3.63, 3.8) is 0 Å². The molecule has 3 aromatic rings. The maximum Gasteiger partial charge on any atom is 0.401 e. The lowest BCUT2D eigenvalue weighted by molar-refractivity contribution is 0.126. The topological polar surface area (TPSA) is 91.0 Å². The molecule has 1 unspecified atom stereocenters. The summed E-state index contributed by atoms with van der Waals surface area (Å²) in [4.78, 5) is 10.1.